The highest BCUT2D eigenvalue weighted by Crippen LogP contribution is 2.08. The van der Waals surface area contributed by atoms with E-state index in [-0.39, 0.29) is 0 Å². The monoisotopic (exact) mass is 261 g/mol. The maximum absolute atomic E-state index is 10.5. The van der Waals surface area contributed by atoms with Gasteiger partial charge in [-0.1, -0.05) is 24.3 Å². The fourth-order valence-electron chi connectivity index (χ4n) is 1.72. The number of carbonyl (C=O) groups excluding carboxylic acids is 1. The molecule has 1 heterocycles. The summed E-state index contributed by atoms with van der Waals surface area (Å²) in [5, 5.41) is 8.38. The van der Waals surface area contributed by atoms with Crippen molar-refractivity contribution in [2.24, 2.45) is 0 Å². The van der Waals surface area contributed by atoms with Gasteiger partial charge < -0.3 is 10.0 Å². The Morgan fingerprint density at radius 1 is 1.37 bits per heavy atom. The summed E-state index contributed by atoms with van der Waals surface area (Å²) in [5.41, 5.74) is 2.02. The molecule has 0 aromatic heterocycles. The van der Waals surface area contributed by atoms with Crippen LogP contribution in [0.25, 0.3) is 6.08 Å². The first-order valence-corrected chi connectivity index (χ1v) is 6.21. The molecule has 4 heteroatoms. The molecule has 1 saturated heterocycles. The van der Waals surface area contributed by atoms with E-state index in [2.05, 4.69) is 0 Å². The van der Waals surface area contributed by atoms with E-state index in [9.17, 15) is 9.59 Å². The van der Waals surface area contributed by atoms with Gasteiger partial charge >= 0.3 is 5.97 Å². The Kier molecular flexibility index (Phi) is 5.79. The lowest BCUT2D eigenvalue weighted by Crippen LogP contribution is -2.17. The largest absolute Gasteiger partial charge is 0.478 e. The second kappa shape index (κ2) is 7.36. The summed E-state index contributed by atoms with van der Waals surface area (Å²) >= 11 is 0. The second-order valence-corrected chi connectivity index (χ2v) is 4.45. The molecule has 1 aromatic rings. The molecule has 0 saturated carbocycles. The van der Waals surface area contributed by atoms with Crippen LogP contribution in [0.4, 0.5) is 0 Å². The van der Waals surface area contributed by atoms with Gasteiger partial charge in [0, 0.05) is 26.1 Å². The Balaban J connectivity index is 0.000000218. The van der Waals surface area contributed by atoms with Gasteiger partial charge in [0.1, 0.15) is 0 Å². The van der Waals surface area contributed by atoms with Crippen LogP contribution in [0.1, 0.15) is 24.0 Å². The van der Waals surface area contributed by atoms with Crippen LogP contribution in [0.15, 0.2) is 30.3 Å². The summed E-state index contributed by atoms with van der Waals surface area (Å²) < 4.78 is 0. The van der Waals surface area contributed by atoms with E-state index in [0.29, 0.717) is 5.91 Å². The number of rotatable bonds is 2. The summed E-state index contributed by atoms with van der Waals surface area (Å²) in [7, 11) is 1.84. The van der Waals surface area contributed by atoms with Gasteiger partial charge in [0.05, 0.1) is 0 Å². The Morgan fingerprint density at radius 3 is 2.47 bits per heavy atom. The van der Waals surface area contributed by atoms with Gasteiger partial charge in [0.25, 0.3) is 0 Å². The third-order valence-corrected chi connectivity index (χ3v) is 2.90. The molecular formula is C15H19NO3. The second-order valence-electron chi connectivity index (χ2n) is 4.45. The maximum Gasteiger partial charge on any atom is 0.328 e. The highest BCUT2D eigenvalue weighted by molar-refractivity contribution is 5.85. The van der Waals surface area contributed by atoms with E-state index in [4.69, 9.17) is 5.11 Å². The van der Waals surface area contributed by atoms with Gasteiger partial charge in [-0.3, -0.25) is 4.79 Å². The summed E-state index contributed by atoms with van der Waals surface area (Å²) in [6.07, 6.45) is 4.55. The number of carboxylic acid groups (broad SMARTS) is 1. The number of hydrogen-bond donors (Lipinski definition) is 1. The number of amides is 1. The number of carbonyl (C=O) groups is 2. The third-order valence-electron chi connectivity index (χ3n) is 2.90. The smallest absolute Gasteiger partial charge is 0.328 e. The van der Waals surface area contributed by atoms with Crippen LogP contribution in [0.2, 0.25) is 0 Å². The van der Waals surface area contributed by atoms with Crippen LogP contribution in [-0.2, 0) is 9.59 Å². The van der Waals surface area contributed by atoms with Gasteiger partial charge in [0.2, 0.25) is 5.91 Å². The Bertz CT molecular complexity index is 480. The first kappa shape index (κ1) is 15.0. The summed E-state index contributed by atoms with van der Waals surface area (Å²) in [6.45, 7) is 2.90. The van der Waals surface area contributed by atoms with E-state index >= 15 is 0 Å². The molecule has 0 aliphatic carbocycles. The summed E-state index contributed by atoms with van der Waals surface area (Å²) in [5.74, 6) is -0.627. The van der Waals surface area contributed by atoms with Gasteiger partial charge in [0.15, 0.2) is 0 Å². The van der Waals surface area contributed by atoms with E-state index in [1.54, 1.807) is 11.0 Å². The Labute approximate surface area is 113 Å². The van der Waals surface area contributed by atoms with Crippen LogP contribution in [0.3, 0.4) is 0 Å². The third kappa shape index (κ3) is 5.38. The molecule has 0 unspecified atom stereocenters. The Morgan fingerprint density at radius 2 is 2.05 bits per heavy atom. The van der Waals surface area contributed by atoms with E-state index in [1.165, 1.54) is 0 Å². The summed E-state index contributed by atoms with van der Waals surface area (Å²) in [6, 6.07) is 7.64. The van der Waals surface area contributed by atoms with E-state index < -0.39 is 5.97 Å². The molecule has 102 valence electrons. The predicted octanol–water partition coefficient (Wildman–Crippen LogP) is 2.33. The van der Waals surface area contributed by atoms with Crippen molar-refractivity contribution in [1.82, 2.24) is 4.90 Å². The SMILES string of the molecule is CN1CCCC1=O.Cc1ccccc1C=CC(=O)O. The molecule has 19 heavy (non-hydrogen) atoms. The van der Waals surface area contributed by atoms with Crippen molar-refractivity contribution in [1.29, 1.82) is 0 Å². The van der Waals surface area contributed by atoms with Crippen molar-refractivity contribution in [3.63, 3.8) is 0 Å². The van der Waals surface area contributed by atoms with Crippen molar-refractivity contribution < 1.29 is 14.7 Å². The molecular weight excluding hydrogens is 242 g/mol. The molecule has 1 aliphatic heterocycles. The van der Waals surface area contributed by atoms with Gasteiger partial charge in [-0.15, -0.1) is 0 Å². The number of aryl methyl sites for hydroxylation is 1. The van der Waals surface area contributed by atoms with Crippen molar-refractivity contribution in [3.8, 4) is 0 Å². The molecule has 4 nitrogen and oxygen atoms in total. The molecule has 0 radical (unpaired) electrons. The minimum Gasteiger partial charge on any atom is -0.478 e. The lowest BCUT2D eigenvalue weighted by atomic mass is 10.1. The number of likely N-dealkylation sites (tertiary alicyclic amines) is 1. The van der Waals surface area contributed by atoms with Crippen LogP contribution >= 0.6 is 0 Å². The zero-order valence-electron chi connectivity index (χ0n) is 11.3. The van der Waals surface area contributed by atoms with Gasteiger partial charge in [-0.05, 0) is 30.5 Å². The number of aliphatic carboxylic acids is 1. The highest BCUT2D eigenvalue weighted by Gasteiger charge is 2.14. The fourth-order valence-corrected chi connectivity index (χ4v) is 1.72. The first-order chi connectivity index (χ1) is 9.00. The molecule has 1 aliphatic rings. The lowest BCUT2D eigenvalue weighted by molar-refractivity contribution is -0.131. The molecule has 1 fully saturated rings. The normalized spacial score (nSPS) is 14.4. The summed E-state index contributed by atoms with van der Waals surface area (Å²) in [4.78, 5) is 22.5. The van der Waals surface area contributed by atoms with E-state index in [0.717, 1.165) is 36.6 Å². The van der Waals surface area contributed by atoms with Crippen LogP contribution in [-0.4, -0.2) is 35.5 Å². The highest BCUT2D eigenvalue weighted by atomic mass is 16.4. The molecule has 0 spiro atoms. The predicted molar refractivity (Wildman–Crippen MR) is 74.7 cm³/mol. The Hall–Kier alpha value is -2.10. The maximum atomic E-state index is 10.5. The van der Waals surface area contributed by atoms with Crippen LogP contribution in [0, 0.1) is 6.92 Å². The van der Waals surface area contributed by atoms with E-state index in [1.807, 2.05) is 38.2 Å². The van der Waals surface area contributed by atoms with Crippen LogP contribution in [0.5, 0.6) is 0 Å². The number of carboxylic acids is 1. The van der Waals surface area contributed by atoms with Gasteiger partial charge in [-0.2, -0.15) is 0 Å². The topological polar surface area (TPSA) is 57.6 Å². The van der Waals surface area contributed by atoms with Gasteiger partial charge in [-0.25, -0.2) is 4.79 Å². The van der Waals surface area contributed by atoms with Crippen LogP contribution < -0.4 is 0 Å². The number of benzene rings is 1. The van der Waals surface area contributed by atoms with Crippen molar-refractivity contribution in [3.05, 3.63) is 41.5 Å². The zero-order valence-corrected chi connectivity index (χ0v) is 11.3. The molecule has 0 atom stereocenters. The minimum atomic E-state index is -0.918. The fraction of sp³-hybridized carbons (Fsp3) is 0.333. The quantitative estimate of drug-likeness (QED) is 0.831. The number of nitrogens with zero attached hydrogens (tertiary/aromatic N) is 1. The van der Waals surface area contributed by atoms with Crippen molar-refractivity contribution in [2.45, 2.75) is 19.8 Å². The zero-order chi connectivity index (χ0) is 14.3. The van der Waals surface area contributed by atoms with Crippen molar-refractivity contribution in [2.75, 3.05) is 13.6 Å². The lowest BCUT2D eigenvalue weighted by Gasteiger charge is -2.03. The number of hydrogen-bond acceptors (Lipinski definition) is 2. The average Bonchev–Trinajstić information content (AvgIpc) is 2.73. The van der Waals surface area contributed by atoms with Crippen molar-refractivity contribution >= 4 is 18.0 Å². The molecule has 1 aromatic carbocycles. The molecule has 0 bridgehead atoms. The average molecular weight is 261 g/mol. The molecule has 1 N–H and O–H groups in total. The molecule has 1 amide bonds. The molecule has 2 rings (SSSR count). The minimum absolute atomic E-state index is 0.292. The standard InChI is InChI=1S/C10H10O2.C5H9NO/c1-8-4-2-3-5-9(8)6-7-10(11)12;1-6-4-2-3-5(6)7/h2-7H,1H3,(H,11,12);2-4H2,1H3. The first-order valence-electron chi connectivity index (χ1n) is 6.21.